The van der Waals surface area contributed by atoms with Crippen LogP contribution >= 0.6 is 0 Å². The molecule has 0 spiro atoms. The lowest BCUT2D eigenvalue weighted by Crippen LogP contribution is -2.00. The molecule has 20 aromatic rings. The van der Waals surface area contributed by atoms with Crippen molar-refractivity contribution in [2.45, 2.75) is 0 Å². The van der Waals surface area contributed by atoms with Gasteiger partial charge in [0.25, 0.3) is 0 Å². The molecule has 12 nitrogen and oxygen atoms in total. The lowest BCUT2D eigenvalue weighted by Gasteiger charge is -2.10. The molecule has 0 atom stereocenters. The highest BCUT2D eigenvalue weighted by atomic mass is 16.4. The van der Waals surface area contributed by atoms with Gasteiger partial charge in [-0.3, -0.25) is 0 Å². The van der Waals surface area contributed by atoms with Crippen LogP contribution in [0.1, 0.15) is 0 Å². The molecule has 0 saturated heterocycles. The minimum atomic E-state index is 0.432. The molecule has 14 aromatic carbocycles. The van der Waals surface area contributed by atoms with Crippen LogP contribution in [0.4, 0.5) is 0 Å². The number of aromatic nitrogens is 8. The van der Waals surface area contributed by atoms with Crippen molar-refractivity contribution in [3.8, 4) is 147 Å². The summed E-state index contributed by atoms with van der Waals surface area (Å²) in [5.41, 5.74) is 21.8. The van der Waals surface area contributed by atoms with Gasteiger partial charge in [0.1, 0.15) is 33.4 Å². The maximum absolute atomic E-state index is 7.18. The molecule has 0 aliphatic heterocycles. The molecule has 0 saturated carbocycles. The van der Waals surface area contributed by atoms with Gasteiger partial charge in [-0.05, 0) is 122 Å². The smallest absolute Gasteiger partial charge is 0.231 e. The molecule has 0 N–H and O–H groups in total. The molecule has 0 amide bonds. The molecule has 104 heavy (non-hydrogen) atoms. The van der Waals surface area contributed by atoms with Crippen molar-refractivity contribution >= 4 is 66.1 Å². The predicted molar refractivity (Wildman–Crippen MR) is 414 cm³/mol. The third kappa shape index (κ3) is 10.6. The number of furan rings is 2. The van der Waals surface area contributed by atoms with Gasteiger partial charge in [0.15, 0.2) is 46.1 Å². The minimum absolute atomic E-state index is 0.432. The molecule has 12 heteroatoms. The summed E-state index contributed by atoms with van der Waals surface area (Å²) in [6.07, 6.45) is 0. The predicted octanol–water partition coefficient (Wildman–Crippen LogP) is 23.8. The Kier molecular flexibility index (Phi) is 14.2. The third-order valence-corrected chi connectivity index (χ3v) is 19.3. The fourth-order valence-corrected chi connectivity index (χ4v) is 14.2. The van der Waals surface area contributed by atoms with E-state index in [9.17, 15) is 0 Å². The molecule has 486 valence electrons. The number of oxazole rings is 2. The molecule has 0 radical (unpaired) electrons. The Morgan fingerprint density at radius 1 is 0.173 bits per heavy atom. The van der Waals surface area contributed by atoms with Crippen molar-refractivity contribution in [1.29, 1.82) is 0 Å². The molecule has 0 aliphatic carbocycles. The maximum Gasteiger partial charge on any atom is 0.231 e. The van der Waals surface area contributed by atoms with Crippen LogP contribution in [0.3, 0.4) is 0 Å². The number of fused-ring (bicyclic) bond motifs is 8. The topological polar surface area (TPSA) is 156 Å². The van der Waals surface area contributed by atoms with E-state index in [4.69, 9.17) is 57.5 Å². The molecule has 0 fully saturated rings. The number of hydrogen-bond donors (Lipinski definition) is 0. The summed E-state index contributed by atoms with van der Waals surface area (Å²) in [6.45, 7) is 0. The van der Waals surface area contributed by atoms with Crippen molar-refractivity contribution in [2.24, 2.45) is 0 Å². The quantitative estimate of drug-likeness (QED) is 0.108. The molecule has 0 bridgehead atoms. The number of hydrogen-bond acceptors (Lipinski definition) is 12. The number of para-hydroxylation sites is 2. The highest BCUT2D eigenvalue weighted by Crippen LogP contribution is 2.47. The van der Waals surface area contributed by atoms with Gasteiger partial charge in [-0.15, -0.1) is 0 Å². The second-order valence-electron chi connectivity index (χ2n) is 25.7. The average molecular weight is 1340 g/mol. The zero-order valence-corrected chi connectivity index (χ0v) is 55.4. The Morgan fingerprint density at radius 2 is 0.567 bits per heavy atom. The molecule has 6 heterocycles. The van der Waals surface area contributed by atoms with E-state index in [1.54, 1.807) is 0 Å². The van der Waals surface area contributed by atoms with E-state index >= 15 is 0 Å². The van der Waals surface area contributed by atoms with Crippen LogP contribution in [0.15, 0.2) is 345 Å². The van der Waals surface area contributed by atoms with Crippen LogP contribution in [0.25, 0.3) is 213 Å². The van der Waals surface area contributed by atoms with E-state index in [0.717, 1.165) is 116 Å². The van der Waals surface area contributed by atoms with Crippen LogP contribution < -0.4 is 0 Å². The van der Waals surface area contributed by atoms with Crippen molar-refractivity contribution in [1.82, 2.24) is 39.9 Å². The van der Waals surface area contributed by atoms with Crippen molar-refractivity contribution in [3.05, 3.63) is 328 Å². The SMILES string of the molecule is c1ccc(-c2ccc3nc(-c4cc(-c5cccc(-c6cccc(-c7ccc8oc(-c9ccc(-c%10ccccc%10)c%10c9oc9c(-c%11nc(-c%12ccccc%12)nc(-c%12ccccc%12)n%11)cccc9%10)nc8c7)c6)c5)cc5c4oc4c(-c6nc(-c7ccccc7)nc(-c7ccccc7)n6)cccc45)oc3c2)cc1. The summed E-state index contributed by atoms with van der Waals surface area (Å²) in [6, 6.07) is 111. The molecule has 20 rings (SSSR count). The van der Waals surface area contributed by atoms with E-state index in [2.05, 4.69) is 140 Å². The van der Waals surface area contributed by atoms with Gasteiger partial charge in [-0.1, -0.05) is 261 Å². The molecule has 0 aliphatic rings. The number of benzene rings is 14. The van der Waals surface area contributed by atoms with Crippen molar-refractivity contribution in [3.63, 3.8) is 0 Å². The first-order valence-corrected chi connectivity index (χ1v) is 34.3. The van der Waals surface area contributed by atoms with Crippen LogP contribution in [-0.4, -0.2) is 39.9 Å². The summed E-state index contributed by atoms with van der Waals surface area (Å²) in [5, 5.41) is 3.60. The third-order valence-electron chi connectivity index (χ3n) is 19.3. The standard InChI is InChI=1S/C92H54N8O4/c1-7-23-55(24-8-1)66-43-47-76-79(54-66)102-92(93-76)75-52-67(51-74-69-39-21-41-71(81(69)103-83(74)75)89-97-85(57-27-11-3-12-28-57)95-86(98-89)58-29-13-4-14-30-58)64-38-20-36-62(50-64)61-35-19-37-63(49-61)65-44-48-78-77(53-65)94-91(101-78)73-46-45-68(56-25-9-2-10-26-56)80-70-40-22-42-72(82(70)104-84(73)80)90-99-87(59-31-15-5-16-32-59)96-88(100-90)60-33-17-6-18-34-60/h1-54H. The van der Waals surface area contributed by atoms with Gasteiger partial charge in [0.2, 0.25) is 11.8 Å². The Labute approximate surface area is 594 Å². The average Bonchev–Trinajstić information content (AvgIpc) is 1.57. The summed E-state index contributed by atoms with van der Waals surface area (Å²) in [5.74, 6) is 4.08. The molecule has 6 aromatic heterocycles. The normalized spacial score (nSPS) is 11.7. The van der Waals surface area contributed by atoms with Crippen LogP contribution in [0.2, 0.25) is 0 Å². The van der Waals surface area contributed by atoms with Crippen molar-refractivity contribution < 1.29 is 17.7 Å². The lowest BCUT2D eigenvalue weighted by atomic mass is 9.94. The Bertz CT molecular complexity index is 6600. The first-order chi connectivity index (χ1) is 51.5. The largest absolute Gasteiger partial charge is 0.454 e. The van der Waals surface area contributed by atoms with E-state index in [0.29, 0.717) is 96.9 Å². The first-order valence-electron chi connectivity index (χ1n) is 34.3. The van der Waals surface area contributed by atoms with Gasteiger partial charge in [-0.25, -0.2) is 39.9 Å². The summed E-state index contributed by atoms with van der Waals surface area (Å²) >= 11 is 0. The number of nitrogens with zero attached hydrogens (tertiary/aromatic N) is 8. The Balaban J connectivity index is 0.678. The van der Waals surface area contributed by atoms with Gasteiger partial charge < -0.3 is 17.7 Å². The summed E-state index contributed by atoms with van der Waals surface area (Å²) < 4.78 is 27.9. The van der Waals surface area contributed by atoms with E-state index < -0.39 is 0 Å². The zero-order chi connectivity index (χ0) is 68.6. The van der Waals surface area contributed by atoms with Gasteiger partial charge in [-0.2, -0.15) is 0 Å². The Hall–Kier alpha value is -14.4. The maximum atomic E-state index is 7.18. The minimum Gasteiger partial charge on any atom is -0.454 e. The van der Waals surface area contributed by atoms with Crippen LogP contribution in [0, 0.1) is 0 Å². The second-order valence-corrected chi connectivity index (χ2v) is 25.7. The highest BCUT2D eigenvalue weighted by molar-refractivity contribution is 6.18. The van der Waals surface area contributed by atoms with Gasteiger partial charge in [0.05, 0.1) is 22.3 Å². The molecule has 0 unspecified atom stereocenters. The lowest BCUT2D eigenvalue weighted by molar-refractivity contribution is 0.614. The van der Waals surface area contributed by atoms with Crippen molar-refractivity contribution in [2.75, 3.05) is 0 Å². The Morgan fingerprint density at radius 3 is 1.12 bits per heavy atom. The highest BCUT2D eigenvalue weighted by Gasteiger charge is 2.27. The van der Waals surface area contributed by atoms with E-state index in [-0.39, 0.29) is 0 Å². The molecular formula is C92H54N8O4. The summed E-state index contributed by atoms with van der Waals surface area (Å²) in [7, 11) is 0. The first kappa shape index (κ1) is 59.7. The van der Waals surface area contributed by atoms with Gasteiger partial charge in [0, 0.05) is 43.8 Å². The van der Waals surface area contributed by atoms with Crippen LogP contribution in [-0.2, 0) is 0 Å². The zero-order valence-electron chi connectivity index (χ0n) is 55.4. The molecular weight excluding hydrogens is 1280 g/mol. The summed E-state index contributed by atoms with van der Waals surface area (Å²) in [4.78, 5) is 40.9. The monoisotopic (exact) mass is 1330 g/mol. The number of rotatable bonds is 13. The van der Waals surface area contributed by atoms with Gasteiger partial charge >= 0.3 is 0 Å². The van der Waals surface area contributed by atoms with E-state index in [1.807, 2.05) is 188 Å². The fraction of sp³-hybridized carbons (Fsp3) is 0. The van der Waals surface area contributed by atoms with E-state index in [1.165, 1.54) is 0 Å². The van der Waals surface area contributed by atoms with Crippen LogP contribution in [0.5, 0.6) is 0 Å². The second kappa shape index (κ2) is 24.8. The fourth-order valence-electron chi connectivity index (χ4n) is 14.2.